The summed E-state index contributed by atoms with van der Waals surface area (Å²) in [5, 5.41) is 7.49. The van der Waals surface area contributed by atoms with Crippen LogP contribution in [0.25, 0.3) is 44.2 Å². The third-order valence-electron chi connectivity index (χ3n) is 13.6. The van der Waals surface area contributed by atoms with Crippen LogP contribution in [-0.2, 0) is 30.4 Å². The number of methoxy groups -OCH3 is 3. The summed E-state index contributed by atoms with van der Waals surface area (Å²) in [6, 6.07) is 21.6. The molecular weight excluding hydrogens is 829 g/mol. The number of aromatic nitrogens is 4. The number of aromatic amines is 2. The van der Waals surface area contributed by atoms with Gasteiger partial charge in [-0.05, 0) is 83.0 Å². The highest BCUT2D eigenvalue weighted by Gasteiger charge is 2.56. The lowest BCUT2D eigenvalue weighted by Crippen LogP contribution is -2.52. The Labute approximate surface area is 375 Å². The van der Waals surface area contributed by atoms with Crippen molar-refractivity contribution in [2.75, 3.05) is 34.5 Å². The molecule has 3 aliphatic heterocycles. The number of benzene rings is 4. The smallest absolute Gasteiger partial charge is 0.407 e. The van der Waals surface area contributed by atoms with E-state index in [4.69, 9.17) is 28.9 Å². The van der Waals surface area contributed by atoms with E-state index in [9.17, 15) is 19.2 Å². The lowest BCUT2D eigenvalue weighted by molar-refractivity contribution is -0.137. The summed E-state index contributed by atoms with van der Waals surface area (Å²) < 4.78 is 21.7. The maximum atomic E-state index is 14.3. The van der Waals surface area contributed by atoms with Crippen molar-refractivity contribution in [3.63, 3.8) is 0 Å². The Morgan fingerprint density at radius 1 is 0.846 bits per heavy atom. The Morgan fingerprint density at radius 2 is 1.65 bits per heavy atom. The van der Waals surface area contributed by atoms with Crippen molar-refractivity contribution in [3.05, 3.63) is 102 Å². The molecule has 0 spiro atoms. The fourth-order valence-electron chi connectivity index (χ4n) is 10.2. The van der Waals surface area contributed by atoms with Crippen molar-refractivity contribution in [2.24, 2.45) is 17.8 Å². The quantitative estimate of drug-likeness (QED) is 0.102. The molecule has 1 aliphatic carbocycles. The molecular formula is C49H52N8O8. The Morgan fingerprint density at radius 3 is 2.42 bits per heavy atom. The number of alkyl carbamates (subject to hydrolysis) is 2. The van der Waals surface area contributed by atoms with Crippen LogP contribution in [-0.4, -0.2) is 100 Å². The number of ether oxygens (including phenoxy) is 4. The normalized spacial score (nSPS) is 21.6. The number of fused-ring (bicyclic) bond motifs is 7. The minimum Gasteiger partial charge on any atom is -0.488 e. The standard InChI is InChI=1S/C49H52N8O8/c1-25(2)41(54-48(60)63-4)47(59)57-37-18-30(37)19-39(57)45-51-35-14-12-28-17-34-32-13-11-29(16-31(32)24-65-40(34)20-33(28)43(35)53-45)36-21-50-44(52-36)38-15-26(23-62-3)22-56(38)46(58)42(55-49(61)64-5)27-9-7-6-8-10-27/h6-14,16-17,20-21,25-26,30,37-39,41-42H,15,18-19,22-24H2,1-5H3,(H,50,52)(H,51,53)(H,54,60)(H,55,61)/t26-,30+,37?,38-,39-,41-,42+/m0/s1. The maximum Gasteiger partial charge on any atom is 0.407 e. The summed E-state index contributed by atoms with van der Waals surface area (Å²) in [6.07, 6.45) is 2.88. The summed E-state index contributed by atoms with van der Waals surface area (Å²) in [4.78, 5) is 73.6. The molecule has 10 rings (SSSR count). The highest BCUT2D eigenvalue weighted by Crippen LogP contribution is 2.54. The number of piperidine rings is 1. The molecule has 4 N–H and O–H groups in total. The van der Waals surface area contributed by atoms with Crippen molar-refractivity contribution in [1.82, 2.24) is 40.4 Å². The van der Waals surface area contributed by atoms with Gasteiger partial charge in [0.2, 0.25) is 5.91 Å². The van der Waals surface area contributed by atoms with Crippen LogP contribution in [0.2, 0.25) is 0 Å². The Hall–Kier alpha value is -6.94. The second-order valence-corrected chi connectivity index (χ2v) is 18.0. The third kappa shape index (κ3) is 7.68. The van der Waals surface area contributed by atoms with Gasteiger partial charge >= 0.3 is 12.2 Å². The number of carbonyl (C=O) groups excluding carboxylic acids is 4. The first-order valence-corrected chi connectivity index (χ1v) is 22.2. The zero-order valence-electron chi connectivity index (χ0n) is 36.9. The van der Waals surface area contributed by atoms with Gasteiger partial charge < -0.3 is 49.3 Å². The summed E-state index contributed by atoms with van der Waals surface area (Å²) >= 11 is 0. The van der Waals surface area contributed by atoms with Crippen molar-refractivity contribution in [3.8, 4) is 28.1 Å². The van der Waals surface area contributed by atoms with Gasteiger partial charge in [0.25, 0.3) is 5.91 Å². The molecule has 16 heteroatoms. The number of likely N-dealkylation sites (tertiary alicyclic amines) is 2. The molecule has 0 bridgehead atoms. The number of nitrogens with one attached hydrogen (secondary N) is 4. The number of H-pyrrole nitrogens is 2. The fourth-order valence-corrected chi connectivity index (χ4v) is 10.2. The van der Waals surface area contributed by atoms with E-state index in [1.165, 1.54) is 14.2 Å². The van der Waals surface area contributed by atoms with Gasteiger partial charge in [0.1, 0.15) is 36.1 Å². The van der Waals surface area contributed by atoms with E-state index in [-0.39, 0.29) is 41.8 Å². The first-order valence-electron chi connectivity index (χ1n) is 22.2. The Bertz CT molecular complexity index is 2820. The molecule has 2 saturated heterocycles. The van der Waals surface area contributed by atoms with Gasteiger partial charge in [-0.25, -0.2) is 19.6 Å². The monoisotopic (exact) mass is 880 g/mol. The maximum absolute atomic E-state index is 14.3. The van der Waals surface area contributed by atoms with E-state index in [1.54, 1.807) is 18.2 Å². The highest BCUT2D eigenvalue weighted by atomic mass is 16.5. The number of nitrogens with zero attached hydrogens (tertiary/aromatic N) is 4. The molecule has 1 unspecified atom stereocenters. The zero-order valence-corrected chi connectivity index (χ0v) is 36.9. The number of amides is 4. The summed E-state index contributed by atoms with van der Waals surface area (Å²) in [7, 11) is 4.23. The van der Waals surface area contributed by atoms with Gasteiger partial charge in [0.15, 0.2) is 0 Å². The van der Waals surface area contributed by atoms with Crippen molar-refractivity contribution in [1.29, 1.82) is 0 Å². The van der Waals surface area contributed by atoms with Crippen LogP contribution in [0.3, 0.4) is 0 Å². The van der Waals surface area contributed by atoms with Crippen molar-refractivity contribution < 1.29 is 38.1 Å². The van der Waals surface area contributed by atoms with E-state index in [0.29, 0.717) is 43.5 Å². The minimum atomic E-state index is -0.946. The lowest BCUT2D eigenvalue weighted by Gasteiger charge is -2.31. The molecule has 1 saturated carbocycles. The topological polar surface area (TPSA) is 193 Å². The van der Waals surface area contributed by atoms with Crippen LogP contribution in [0.15, 0.2) is 79.0 Å². The molecule has 65 heavy (non-hydrogen) atoms. The molecule has 7 atom stereocenters. The van der Waals surface area contributed by atoms with Gasteiger partial charge in [-0.1, -0.05) is 62.4 Å². The first-order chi connectivity index (χ1) is 31.5. The number of carbonyl (C=O) groups is 4. The van der Waals surface area contributed by atoms with Crippen LogP contribution in [0, 0.1) is 17.8 Å². The van der Waals surface area contributed by atoms with Crippen LogP contribution >= 0.6 is 0 Å². The second kappa shape index (κ2) is 16.9. The fraction of sp³-hybridized carbons (Fsp3) is 0.388. The lowest BCUT2D eigenvalue weighted by atomic mass is 9.92. The zero-order chi connectivity index (χ0) is 45.1. The van der Waals surface area contributed by atoms with Gasteiger partial charge in [-0.15, -0.1) is 0 Å². The third-order valence-corrected chi connectivity index (χ3v) is 13.6. The summed E-state index contributed by atoms with van der Waals surface area (Å²) in [5.74, 6) is 2.14. The minimum absolute atomic E-state index is 0.0696. The molecule has 336 valence electrons. The van der Waals surface area contributed by atoms with E-state index in [0.717, 1.165) is 74.2 Å². The van der Waals surface area contributed by atoms with Crippen LogP contribution < -0.4 is 15.4 Å². The average molecular weight is 881 g/mol. The van der Waals surface area contributed by atoms with E-state index in [1.807, 2.05) is 55.1 Å². The molecule has 2 aromatic heterocycles. The molecule has 6 aromatic rings. The van der Waals surface area contributed by atoms with Crippen molar-refractivity contribution >= 4 is 45.8 Å². The SMILES string of the molecule is COC[C@H]1C[C@@H](c2ncc(-c3ccc4c(c3)COc3cc5c(ccc6nc([C@@H]7C[C@H]8CC8N7C(=O)[C@@H](NC(=O)OC)C(C)C)[nH]c65)cc3-4)[nH]2)N(C(=O)[C@H](NC(=O)OC)c2ccccc2)C1. The Balaban J connectivity index is 0.908. The van der Waals surface area contributed by atoms with E-state index < -0.39 is 24.3 Å². The molecule has 0 radical (unpaired) electrons. The first kappa shape index (κ1) is 42.0. The average Bonchev–Trinajstić information content (AvgIpc) is 3.79. The molecule has 16 nitrogen and oxygen atoms in total. The van der Waals surface area contributed by atoms with Crippen molar-refractivity contribution in [2.45, 2.75) is 69.9 Å². The second-order valence-electron chi connectivity index (χ2n) is 18.0. The number of hydrogen-bond acceptors (Lipinski definition) is 10. The van der Waals surface area contributed by atoms with E-state index in [2.05, 4.69) is 57.0 Å². The highest BCUT2D eigenvalue weighted by molar-refractivity contribution is 6.07. The molecule has 5 heterocycles. The Kier molecular flexibility index (Phi) is 10.9. The number of hydrogen-bond donors (Lipinski definition) is 4. The number of rotatable bonds is 11. The van der Waals surface area contributed by atoms with E-state index >= 15 is 0 Å². The van der Waals surface area contributed by atoms with Crippen LogP contribution in [0.5, 0.6) is 5.75 Å². The van der Waals surface area contributed by atoms with Crippen LogP contribution in [0.1, 0.15) is 74.0 Å². The predicted molar refractivity (Wildman–Crippen MR) is 240 cm³/mol. The van der Waals surface area contributed by atoms with Gasteiger partial charge in [-0.2, -0.15) is 0 Å². The molecule has 4 aromatic carbocycles. The largest absolute Gasteiger partial charge is 0.488 e. The van der Waals surface area contributed by atoms with Gasteiger partial charge in [0.05, 0.1) is 55.8 Å². The predicted octanol–water partition coefficient (Wildman–Crippen LogP) is 7.34. The molecule has 4 amide bonds. The van der Waals surface area contributed by atoms with Gasteiger partial charge in [0, 0.05) is 36.6 Å². The summed E-state index contributed by atoms with van der Waals surface area (Å²) in [6.45, 7) is 5.12. The van der Waals surface area contributed by atoms with Crippen LogP contribution in [0.4, 0.5) is 9.59 Å². The number of imidazole rings is 2. The summed E-state index contributed by atoms with van der Waals surface area (Å²) in [5.41, 5.74) is 7.15. The molecule has 4 aliphatic rings. The molecule has 3 fully saturated rings. The van der Waals surface area contributed by atoms with Gasteiger partial charge in [-0.3, -0.25) is 9.59 Å².